The SMILES string of the molecule is C=C[C@H]1C[NH+]2CC[C@@H]1C[C@@H]2CNC(=S)NC1CC1. The third-order valence-corrected chi connectivity index (χ3v) is 5.09. The van der Waals surface area contributed by atoms with Crippen molar-refractivity contribution in [1.29, 1.82) is 0 Å². The summed E-state index contributed by atoms with van der Waals surface area (Å²) < 4.78 is 0. The van der Waals surface area contributed by atoms with E-state index >= 15 is 0 Å². The maximum atomic E-state index is 5.32. The lowest BCUT2D eigenvalue weighted by Gasteiger charge is -2.46. The minimum Gasteiger partial charge on any atom is -0.360 e. The second-order valence-corrected chi connectivity index (χ2v) is 6.53. The molecule has 4 atom stereocenters. The van der Waals surface area contributed by atoms with Gasteiger partial charge < -0.3 is 15.5 Å². The van der Waals surface area contributed by atoms with Crippen molar-refractivity contribution in [2.45, 2.75) is 37.8 Å². The van der Waals surface area contributed by atoms with Crippen molar-refractivity contribution in [3.63, 3.8) is 0 Å². The highest BCUT2D eigenvalue weighted by atomic mass is 32.1. The van der Waals surface area contributed by atoms with E-state index in [-0.39, 0.29) is 0 Å². The van der Waals surface area contributed by atoms with Crippen molar-refractivity contribution >= 4 is 17.3 Å². The van der Waals surface area contributed by atoms with E-state index in [0.29, 0.717) is 6.04 Å². The van der Waals surface area contributed by atoms with Crippen LogP contribution in [0, 0.1) is 11.8 Å². The minimum atomic E-state index is 0.658. The Labute approximate surface area is 115 Å². The Hall–Kier alpha value is -0.610. The van der Waals surface area contributed by atoms with Crippen molar-refractivity contribution < 1.29 is 4.90 Å². The third-order valence-electron chi connectivity index (χ3n) is 4.83. The Bertz CT molecular complexity index is 340. The zero-order valence-corrected chi connectivity index (χ0v) is 11.8. The fourth-order valence-corrected chi connectivity index (χ4v) is 3.79. The lowest BCUT2D eigenvalue weighted by Crippen LogP contribution is -3.20. The van der Waals surface area contributed by atoms with Crippen molar-refractivity contribution in [3.05, 3.63) is 12.7 Å². The quantitative estimate of drug-likeness (QED) is 0.498. The van der Waals surface area contributed by atoms with E-state index in [2.05, 4.69) is 23.3 Å². The second kappa shape index (κ2) is 5.17. The maximum Gasteiger partial charge on any atom is 0.166 e. The molecule has 4 aliphatic rings. The summed E-state index contributed by atoms with van der Waals surface area (Å²) in [5.41, 5.74) is 0. The lowest BCUT2D eigenvalue weighted by atomic mass is 9.76. The van der Waals surface area contributed by atoms with Crippen LogP contribution in [-0.2, 0) is 0 Å². The average Bonchev–Trinajstić information content (AvgIpc) is 3.21. The van der Waals surface area contributed by atoms with Crippen LogP contribution in [0.15, 0.2) is 12.7 Å². The van der Waals surface area contributed by atoms with E-state index in [9.17, 15) is 0 Å². The van der Waals surface area contributed by atoms with Crippen LogP contribution in [0.5, 0.6) is 0 Å². The zero-order chi connectivity index (χ0) is 12.5. The summed E-state index contributed by atoms with van der Waals surface area (Å²) in [4.78, 5) is 1.75. The Morgan fingerprint density at radius 1 is 1.39 bits per heavy atom. The molecule has 0 aromatic heterocycles. The van der Waals surface area contributed by atoms with Gasteiger partial charge in [0.05, 0.1) is 19.6 Å². The first-order chi connectivity index (χ1) is 8.76. The molecule has 0 aromatic carbocycles. The molecular formula is C14H24N3S+. The monoisotopic (exact) mass is 266 g/mol. The van der Waals surface area contributed by atoms with Gasteiger partial charge in [0.15, 0.2) is 5.11 Å². The van der Waals surface area contributed by atoms with Crippen LogP contribution in [0.25, 0.3) is 0 Å². The van der Waals surface area contributed by atoms with E-state index in [1.807, 2.05) is 0 Å². The van der Waals surface area contributed by atoms with Gasteiger partial charge in [-0.1, -0.05) is 6.08 Å². The van der Waals surface area contributed by atoms with Crippen LogP contribution >= 0.6 is 12.2 Å². The zero-order valence-electron chi connectivity index (χ0n) is 11.0. The molecule has 0 aromatic rings. The molecule has 3 heterocycles. The number of piperidine rings is 3. The molecule has 4 fully saturated rings. The van der Waals surface area contributed by atoms with Gasteiger partial charge in [0, 0.05) is 24.8 Å². The Morgan fingerprint density at radius 2 is 2.22 bits per heavy atom. The lowest BCUT2D eigenvalue weighted by molar-refractivity contribution is -0.944. The number of rotatable bonds is 4. The van der Waals surface area contributed by atoms with Gasteiger partial charge in [-0.25, -0.2) is 0 Å². The summed E-state index contributed by atoms with van der Waals surface area (Å²) in [6, 6.07) is 1.41. The molecule has 1 saturated carbocycles. The van der Waals surface area contributed by atoms with E-state index in [1.165, 1.54) is 38.8 Å². The van der Waals surface area contributed by atoms with Gasteiger partial charge in [-0.3, -0.25) is 0 Å². The second-order valence-electron chi connectivity index (χ2n) is 6.12. The topological polar surface area (TPSA) is 28.5 Å². The van der Waals surface area contributed by atoms with Crippen LogP contribution in [-0.4, -0.2) is 36.8 Å². The maximum absolute atomic E-state index is 5.32. The Kier molecular flexibility index (Phi) is 3.57. The van der Waals surface area contributed by atoms with Gasteiger partial charge in [0.25, 0.3) is 0 Å². The van der Waals surface area contributed by atoms with Gasteiger partial charge in [0.2, 0.25) is 0 Å². The first kappa shape index (κ1) is 12.4. The Morgan fingerprint density at radius 3 is 2.83 bits per heavy atom. The molecule has 3 aliphatic heterocycles. The summed E-state index contributed by atoms with van der Waals surface area (Å²) in [5.74, 6) is 1.62. The first-order valence-electron chi connectivity index (χ1n) is 7.27. The van der Waals surface area contributed by atoms with Crippen molar-refractivity contribution in [3.8, 4) is 0 Å². The van der Waals surface area contributed by atoms with Crippen LogP contribution in [0.1, 0.15) is 25.7 Å². The van der Waals surface area contributed by atoms with Gasteiger partial charge in [-0.05, 0) is 31.0 Å². The van der Waals surface area contributed by atoms with Crippen LogP contribution in [0.4, 0.5) is 0 Å². The number of hydrogen-bond donors (Lipinski definition) is 3. The van der Waals surface area contributed by atoms with Gasteiger partial charge in [0.1, 0.15) is 6.04 Å². The van der Waals surface area contributed by atoms with Crippen molar-refractivity contribution in [2.75, 3.05) is 19.6 Å². The molecule has 2 bridgehead atoms. The van der Waals surface area contributed by atoms with Gasteiger partial charge in [-0.15, -0.1) is 6.58 Å². The smallest absolute Gasteiger partial charge is 0.166 e. The molecule has 18 heavy (non-hydrogen) atoms. The van der Waals surface area contributed by atoms with E-state index in [4.69, 9.17) is 12.2 Å². The number of fused-ring (bicyclic) bond motifs is 3. The standard InChI is InChI=1S/C14H23N3S/c1-2-10-9-17-6-5-11(10)7-13(17)8-15-14(18)16-12-3-4-12/h2,10-13H,1,3-9H2,(H2,15,16,18)/p+1/t10-,11+,13+/m0/s1. The normalized spacial score (nSPS) is 38.2. The number of thiocarbonyl (C=S) groups is 1. The van der Waals surface area contributed by atoms with E-state index in [1.54, 1.807) is 4.90 Å². The molecule has 100 valence electrons. The molecule has 0 amide bonds. The predicted octanol–water partition coefficient (Wildman–Crippen LogP) is 0.0922. The number of nitrogens with one attached hydrogen (secondary N) is 3. The average molecular weight is 266 g/mol. The molecule has 1 unspecified atom stereocenters. The van der Waals surface area contributed by atoms with Crippen molar-refractivity contribution in [2.24, 2.45) is 11.8 Å². The highest BCUT2D eigenvalue weighted by Crippen LogP contribution is 2.27. The molecule has 4 rings (SSSR count). The molecule has 1 aliphatic carbocycles. The Balaban J connectivity index is 1.46. The molecule has 3 N–H and O–H groups in total. The van der Waals surface area contributed by atoms with Gasteiger partial charge in [-0.2, -0.15) is 0 Å². The number of quaternary nitrogens is 1. The van der Waals surface area contributed by atoms with Crippen LogP contribution < -0.4 is 15.5 Å². The molecule has 3 nitrogen and oxygen atoms in total. The number of hydrogen-bond acceptors (Lipinski definition) is 1. The third kappa shape index (κ3) is 2.69. The minimum absolute atomic E-state index is 0.658. The summed E-state index contributed by atoms with van der Waals surface area (Å²) in [7, 11) is 0. The van der Waals surface area contributed by atoms with Crippen LogP contribution in [0.3, 0.4) is 0 Å². The molecule has 4 heteroatoms. The first-order valence-corrected chi connectivity index (χ1v) is 7.68. The largest absolute Gasteiger partial charge is 0.360 e. The molecule has 0 spiro atoms. The summed E-state index contributed by atoms with van der Waals surface area (Å²) >= 11 is 5.32. The highest BCUT2D eigenvalue weighted by Gasteiger charge is 2.42. The summed E-state index contributed by atoms with van der Waals surface area (Å²) in [6.45, 7) is 7.64. The van der Waals surface area contributed by atoms with E-state index in [0.717, 1.165) is 29.5 Å². The van der Waals surface area contributed by atoms with E-state index < -0.39 is 0 Å². The van der Waals surface area contributed by atoms with Crippen molar-refractivity contribution in [1.82, 2.24) is 10.6 Å². The fraction of sp³-hybridized carbons (Fsp3) is 0.786. The fourth-order valence-electron chi connectivity index (χ4n) is 3.54. The molecule has 3 saturated heterocycles. The van der Waals surface area contributed by atoms with Crippen LogP contribution in [0.2, 0.25) is 0 Å². The molecular weight excluding hydrogens is 242 g/mol. The van der Waals surface area contributed by atoms with Gasteiger partial charge >= 0.3 is 0 Å². The summed E-state index contributed by atoms with van der Waals surface area (Å²) in [6.07, 6.45) is 7.46. The summed E-state index contributed by atoms with van der Waals surface area (Å²) in [5, 5.41) is 7.63. The highest BCUT2D eigenvalue weighted by molar-refractivity contribution is 7.80. The molecule has 0 radical (unpaired) electrons. The predicted molar refractivity (Wildman–Crippen MR) is 77.7 cm³/mol.